The normalized spacial score (nSPS) is 15.8. The third-order valence-corrected chi connectivity index (χ3v) is 4.44. The molecule has 0 saturated heterocycles. The second-order valence-electron chi connectivity index (χ2n) is 6.14. The van der Waals surface area contributed by atoms with Crippen LogP contribution in [0.1, 0.15) is 35.7 Å². The monoisotopic (exact) mass is 325 g/mol. The Labute approximate surface area is 142 Å². The molecule has 0 aliphatic heterocycles. The first-order chi connectivity index (χ1) is 11.7. The van der Waals surface area contributed by atoms with Crippen LogP contribution < -0.4 is 5.32 Å². The molecular formula is C19H23N3O2. The predicted octanol–water partition coefficient (Wildman–Crippen LogP) is 3.29. The number of hydrogen-bond donors (Lipinski definition) is 2. The quantitative estimate of drug-likeness (QED) is 0.886. The van der Waals surface area contributed by atoms with Gasteiger partial charge in [0.15, 0.2) is 0 Å². The van der Waals surface area contributed by atoms with E-state index in [2.05, 4.69) is 22.4 Å². The number of carbonyl (C=O) groups excluding carboxylic acids is 1. The van der Waals surface area contributed by atoms with Crippen LogP contribution >= 0.6 is 0 Å². The predicted molar refractivity (Wildman–Crippen MR) is 93.9 cm³/mol. The van der Waals surface area contributed by atoms with Crippen LogP contribution in [0.15, 0.2) is 42.6 Å². The van der Waals surface area contributed by atoms with Crippen molar-refractivity contribution in [2.75, 3.05) is 18.5 Å². The number of aliphatic hydroxyl groups is 1. The van der Waals surface area contributed by atoms with Gasteiger partial charge in [-0.15, -0.1) is 0 Å². The standard InChI is InChI=1S/C19H23N3O2/c1-14-13-16(9-10-20-14)21-19(24)22(11-4-12-23)18-8-7-15-5-2-3-6-17(15)18/h2-3,5-6,9-10,13,18,23H,4,7-8,11-12H2,1H3,(H,20,21,24). The van der Waals surface area contributed by atoms with Crippen LogP contribution in [-0.2, 0) is 6.42 Å². The summed E-state index contributed by atoms with van der Waals surface area (Å²) in [7, 11) is 0. The Balaban J connectivity index is 1.80. The molecule has 1 aromatic heterocycles. The molecular weight excluding hydrogens is 302 g/mol. The minimum Gasteiger partial charge on any atom is -0.396 e. The van der Waals surface area contributed by atoms with Gasteiger partial charge in [0.2, 0.25) is 0 Å². The number of benzene rings is 1. The number of fused-ring (bicyclic) bond motifs is 1. The summed E-state index contributed by atoms with van der Waals surface area (Å²) in [6.45, 7) is 2.50. The van der Waals surface area contributed by atoms with Gasteiger partial charge in [0.25, 0.3) is 0 Å². The van der Waals surface area contributed by atoms with Gasteiger partial charge in [-0.1, -0.05) is 24.3 Å². The molecule has 0 fully saturated rings. The minimum atomic E-state index is -0.129. The smallest absolute Gasteiger partial charge is 0.322 e. The van der Waals surface area contributed by atoms with Crippen molar-refractivity contribution in [2.24, 2.45) is 0 Å². The highest BCUT2D eigenvalue weighted by atomic mass is 16.3. The van der Waals surface area contributed by atoms with Crippen LogP contribution in [0.25, 0.3) is 0 Å². The summed E-state index contributed by atoms with van der Waals surface area (Å²) in [5.41, 5.74) is 4.13. The average Bonchev–Trinajstić information content (AvgIpc) is 2.99. The van der Waals surface area contributed by atoms with Crippen molar-refractivity contribution >= 4 is 11.7 Å². The number of aromatic nitrogens is 1. The van der Waals surface area contributed by atoms with E-state index in [1.807, 2.05) is 30.0 Å². The fraction of sp³-hybridized carbons (Fsp3) is 0.368. The number of rotatable bonds is 5. The van der Waals surface area contributed by atoms with E-state index in [0.29, 0.717) is 13.0 Å². The Kier molecular flexibility index (Phi) is 5.11. The summed E-state index contributed by atoms with van der Waals surface area (Å²) in [5.74, 6) is 0. The Bertz CT molecular complexity index is 717. The zero-order chi connectivity index (χ0) is 16.9. The number of aliphatic hydroxyl groups excluding tert-OH is 1. The topological polar surface area (TPSA) is 65.5 Å². The molecule has 24 heavy (non-hydrogen) atoms. The lowest BCUT2D eigenvalue weighted by atomic mass is 10.1. The molecule has 126 valence electrons. The number of carbonyl (C=O) groups is 1. The Morgan fingerprint density at radius 2 is 2.21 bits per heavy atom. The number of anilines is 1. The molecule has 0 saturated carbocycles. The van der Waals surface area contributed by atoms with Crippen LogP contribution in [0.4, 0.5) is 10.5 Å². The third kappa shape index (κ3) is 3.57. The highest BCUT2D eigenvalue weighted by molar-refractivity contribution is 5.89. The van der Waals surface area contributed by atoms with E-state index in [1.165, 1.54) is 11.1 Å². The van der Waals surface area contributed by atoms with Gasteiger partial charge >= 0.3 is 6.03 Å². The van der Waals surface area contributed by atoms with E-state index >= 15 is 0 Å². The van der Waals surface area contributed by atoms with Gasteiger partial charge in [-0.25, -0.2) is 4.79 Å². The lowest BCUT2D eigenvalue weighted by Crippen LogP contribution is -2.38. The van der Waals surface area contributed by atoms with E-state index in [0.717, 1.165) is 24.2 Å². The van der Waals surface area contributed by atoms with Gasteiger partial charge in [0, 0.05) is 30.7 Å². The van der Waals surface area contributed by atoms with E-state index in [-0.39, 0.29) is 18.7 Å². The van der Waals surface area contributed by atoms with Crippen LogP contribution in [0.2, 0.25) is 0 Å². The molecule has 0 radical (unpaired) electrons. The summed E-state index contributed by atoms with van der Waals surface area (Å²) in [4.78, 5) is 18.8. The summed E-state index contributed by atoms with van der Waals surface area (Å²) in [5, 5.41) is 12.2. The van der Waals surface area contributed by atoms with Crippen molar-refractivity contribution in [3.8, 4) is 0 Å². The zero-order valence-corrected chi connectivity index (χ0v) is 13.9. The molecule has 1 unspecified atom stereocenters. The first-order valence-electron chi connectivity index (χ1n) is 8.38. The molecule has 2 N–H and O–H groups in total. The van der Waals surface area contributed by atoms with Crippen LogP contribution in [0.3, 0.4) is 0 Å². The molecule has 1 heterocycles. The second kappa shape index (κ2) is 7.45. The molecule has 5 heteroatoms. The summed E-state index contributed by atoms with van der Waals surface area (Å²) in [6, 6.07) is 11.9. The maximum atomic E-state index is 12.8. The lowest BCUT2D eigenvalue weighted by molar-refractivity contribution is 0.177. The summed E-state index contributed by atoms with van der Waals surface area (Å²) in [6.07, 6.45) is 4.17. The highest BCUT2D eigenvalue weighted by Crippen LogP contribution is 2.36. The second-order valence-corrected chi connectivity index (χ2v) is 6.14. The number of hydrogen-bond acceptors (Lipinski definition) is 3. The number of nitrogens with one attached hydrogen (secondary N) is 1. The lowest BCUT2D eigenvalue weighted by Gasteiger charge is -2.30. The highest BCUT2D eigenvalue weighted by Gasteiger charge is 2.30. The SMILES string of the molecule is Cc1cc(NC(=O)N(CCCO)C2CCc3ccccc32)ccn1. The van der Waals surface area contributed by atoms with Crippen LogP contribution in [-0.4, -0.2) is 34.2 Å². The molecule has 0 spiro atoms. The molecule has 1 aromatic carbocycles. The number of aryl methyl sites for hydroxylation is 2. The fourth-order valence-corrected chi connectivity index (χ4v) is 3.32. The fourth-order valence-electron chi connectivity index (χ4n) is 3.32. The van der Waals surface area contributed by atoms with Gasteiger partial charge in [0.1, 0.15) is 0 Å². The van der Waals surface area contributed by atoms with Crippen molar-refractivity contribution in [1.29, 1.82) is 0 Å². The number of amides is 2. The van der Waals surface area contributed by atoms with E-state index < -0.39 is 0 Å². The minimum absolute atomic E-state index is 0.0654. The van der Waals surface area contributed by atoms with E-state index in [4.69, 9.17) is 0 Å². The molecule has 5 nitrogen and oxygen atoms in total. The molecule has 1 atom stereocenters. The Hall–Kier alpha value is -2.40. The molecule has 1 aliphatic carbocycles. The van der Waals surface area contributed by atoms with Crippen molar-refractivity contribution in [1.82, 2.24) is 9.88 Å². The Morgan fingerprint density at radius 3 is 3.00 bits per heavy atom. The van der Waals surface area contributed by atoms with E-state index in [9.17, 15) is 9.90 Å². The number of nitrogens with zero attached hydrogens (tertiary/aromatic N) is 2. The number of urea groups is 1. The molecule has 2 amide bonds. The van der Waals surface area contributed by atoms with E-state index in [1.54, 1.807) is 12.3 Å². The van der Waals surface area contributed by atoms with Crippen molar-refractivity contribution < 1.29 is 9.90 Å². The average molecular weight is 325 g/mol. The van der Waals surface area contributed by atoms with Crippen molar-refractivity contribution in [3.05, 3.63) is 59.4 Å². The Morgan fingerprint density at radius 1 is 1.38 bits per heavy atom. The molecule has 0 bridgehead atoms. The maximum Gasteiger partial charge on any atom is 0.322 e. The largest absolute Gasteiger partial charge is 0.396 e. The first kappa shape index (κ1) is 16.5. The van der Waals surface area contributed by atoms with Gasteiger partial charge in [-0.3, -0.25) is 4.98 Å². The first-order valence-corrected chi connectivity index (χ1v) is 8.38. The van der Waals surface area contributed by atoms with Gasteiger partial charge in [-0.2, -0.15) is 0 Å². The van der Waals surface area contributed by atoms with Crippen LogP contribution in [0, 0.1) is 6.92 Å². The molecule has 3 rings (SSSR count). The number of pyridine rings is 1. The van der Waals surface area contributed by atoms with Gasteiger partial charge in [0.05, 0.1) is 6.04 Å². The van der Waals surface area contributed by atoms with Crippen LogP contribution in [0.5, 0.6) is 0 Å². The van der Waals surface area contributed by atoms with Gasteiger partial charge in [-0.05, 0) is 49.4 Å². The molecule has 2 aromatic rings. The summed E-state index contributed by atoms with van der Waals surface area (Å²) >= 11 is 0. The third-order valence-electron chi connectivity index (χ3n) is 4.44. The maximum absolute atomic E-state index is 12.8. The van der Waals surface area contributed by atoms with Crippen molar-refractivity contribution in [2.45, 2.75) is 32.2 Å². The van der Waals surface area contributed by atoms with Crippen molar-refractivity contribution in [3.63, 3.8) is 0 Å². The molecule has 1 aliphatic rings. The summed E-state index contributed by atoms with van der Waals surface area (Å²) < 4.78 is 0. The van der Waals surface area contributed by atoms with Gasteiger partial charge < -0.3 is 15.3 Å². The zero-order valence-electron chi connectivity index (χ0n) is 13.9.